The molecule has 0 atom stereocenters. The number of pyridine rings is 2. The predicted molar refractivity (Wildman–Crippen MR) is 199 cm³/mol. The van der Waals surface area contributed by atoms with Crippen molar-refractivity contribution in [3.8, 4) is 50.8 Å². The Hall–Kier alpha value is -5.66. The molecule has 1 radical (unpaired) electrons. The monoisotopic (exact) mass is 824 g/mol. The van der Waals surface area contributed by atoms with Crippen LogP contribution in [0.15, 0.2) is 150 Å². The molecule has 0 bridgehead atoms. The van der Waals surface area contributed by atoms with E-state index < -0.39 is 0 Å². The molecule has 0 aliphatic carbocycles. The zero-order chi connectivity index (χ0) is 33.8. The second kappa shape index (κ2) is 14.8. The van der Waals surface area contributed by atoms with E-state index in [4.69, 9.17) is 4.42 Å². The maximum absolute atomic E-state index is 9.78. The Morgan fingerprint density at radius 1 is 0.640 bits per heavy atom. The van der Waals surface area contributed by atoms with Crippen LogP contribution < -0.4 is 0 Å². The average Bonchev–Trinajstić information content (AvgIpc) is 3.54. The first kappa shape index (κ1) is 34.2. The van der Waals surface area contributed by atoms with Gasteiger partial charge >= 0.3 is 0 Å². The van der Waals surface area contributed by atoms with Crippen molar-refractivity contribution in [3.63, 3.8) is 0 Å². The number of fused-ring (bicyclic) bond motifs is 3. The second-order valence-electron chi connectivity index (χ2n) is 12.8. The first-order valence-electron chi connectivity index (χ1n) is 16.2. The van der Waals surface area contributed by atoms with Crippen LogP contribution >= 0.6 is 0 Å². The molecular formula is C45H33IrN3O-2. The summed E-state index contributed by atoms with van der Waals surface area (Å²) >= 11 is 0. The summed E-state index contributed by atoms with van der Waals surface area (Å²) in [5.74, 6) is 0. The SMILES string of the molecule is CC(C)(C)c1ccc(-c2[c-]cccc2)nc1.N#Cc1ccc2c(oc3c(-c4cc(-c5ccccc5)ccn4)[c-]ccc32)c1-c1ccccc1.[Ir]. The van der Waals surface area contributed by atoms with Crippen molar-refractivity contribution in [2.24, 2.45) is 0 Å². The Morgan fingerprint density at radius 3 is 2.02 bits per heavy atom. The topological polar surface area (TPSA) is 62.7 Å². The maximum atomic E-state index is 9.78. The van der Waals surface area contributed by atoms with E-state index in [1.54, 1.807) is 0 Å². The van der Waals surface area contributed by atoms with Gasteiger partial charge < -0.3 is 14.4 Å². The quantitative estimate of drug-likeness (QED) is 0.166. The van der Waals surface area contributed by atoms with Gasteiger partial charge in [0.2, 0.25) is 0 Å². The third kappa shape index (κ3) is 7.05. The molecule has 3 aromatic heterocycles. The van der Waals surface area contributed by atoms with Crippen LogP contribution in [0.3, 0.4) is 0 Å². The van der Waals surface area contributed by atoms with Crippen molar-refractivity contribution in [2.45, 2.75) is 26.2 Å². The van der Waals surface area contributed by atoms with Crippen LogP contribution in [0.4, 0.5) is 0 Å². The first-order valence-corrected chi connectivity index (χ1v) is 16.2. The van der Waals surface area contributed by atoms with E-state index in [9.17, 15) is 5.26 Å². The molecule has 0 N–H and O–H groups in total. The normalized spacial score (nSPS) is 10.9. The summed E-state index contributed by atoms with van der Waals surface area (Å²) in [6.07, 6.45) is 3.77. The molecule has 4 nitrogen and oxygen atoms in total. The Bertz CT molecular complexity index is 2410. The van der Waals surface area contributed by atoms with Crippen LogP contribution in [-0.2, 0) is 25.5 Å². The van der Waals surface area contributed by atoms with Crippen molar-refractivity contribution in [3.05, 3.63) is 169 Å². The molecule has 0 spiro atoms. The Labute approximate surface area is 306 Å². The van der Waals surface area contributed by atoms with E-state index in [1.807, 2.05) is 116 Å². The van der Waals surface area contributed by atoms with Gasteiger partial charge in [-0.25, -0.2) is 0 Å². The summed E-state index contributed by atoms with van der Waals surface area (Å²) in [5, 5.41) is 11.7. The van der Waals surface area contributed by atoms with E-state index in [-0.39, 0.29) is 25.5 Å². The molecule has 0 saturated carbocycles. The van der Waals surface area contributed by atoms with Gasteiger partial charge in [0, 0.05) is 43.4 Å². The summed E-state index contributed by atoms with van der Waals surface area (Å²) in [6, 6.07) is 52.9. The molecule has 0 unspecified atom stereocenters. The molecule has 0 aliphatic rings. The number of aromatic nitrogens is 2. The summed E-state index contributed by atoms with van der Waals surface area (Å²) in [6.45, 7) is 6.58. The number of rotatable bonds is 4. The minimum atomic E-state index is 0. The summed E-state index contributed by atoms with van der Waals surface area (Å²) < 4.78 is 6.49. The molecule has 5 aromatic carbocycles. The molecule has 0 aliphatic heterocycles. The van der Waals surface area contributed by atoms with Gasteiger partial charge in [0.05, 0.1) is 17.2 Å². The molecule has 8 rings (SSSR count). The van der Waals surface area contributed by atoms with Gasteiger partial charge in [-0.2, -0.15) is 5.26 Å². The zero-order valence-electron chi connectivity index (χ0n) is 27.9. The number of nitriles is 1. The van der Waals surface area contributed by atoms with Gasteiger partial charge in [-0.15, -0.1) is 54.1 Å². The number of hydrogen-bond acceptors (Lipinski definition) is 4. The van der Waals surface area contributed by atoms with Gasteiger partial charge in [-0.05, 0) is 51.2 Å². The van der Waals surface area contributed by atoms with E-state index >= 15 is 0 Å². The van der Waals surface area contributed by atoms with Crippen molar-refractivity contribution >= 4 is 21.9 Å². The van der Waals surface area contributed by atoms with Crippen LogP contribution in [0.25, 0.3) is 66.7 Å². The fourth-order valence-corrected chi connectivity index (χ4v) is 5.91. The summed E-state index contributed by atoms with van der Waals surface area (Å²) in [5.41, 5.74) is 11.0. The van der Waals surface area contributed by atoms with Gasteiger partial charge in [0.15, 0.2) is 0 Å². The minimum absolute atomic E-state index is 0. The Balaban J connectivity index is 0.000000215. The third-order valence-corrected chi connectivity index (χ3v) is 8.52. The Morgan fingerprint density at radius 2 is 1.36 bits per heavy atom. The largest absolute Gasteiger partial charge is 0.500 e. The molecule has 8 aromatic rings. The van der Waals surface area contributed by atoms with Gasteiger partial charge in [0.1, 0.15) is 5.58 Å². The van der Waals surface area contributed by atoms with Crippen molar-refractivity contribution < 1.29 is 24.5 Å². The third-order valence-electron chi connectivity index (χ3n) is 8.52. The van der Waals surface area contributed by atoms with Crippen LogP contribution in [-0.4, -0.2) is 9.97 Å². The van der Waals surface area contributed by atoms with E-state index in [2.05, 4.69) is 79.3 Å². The molecule has 3 heterocycles. The van der Waals surface area contributed by atoms with E-state index in [1.165, 1.54) is 5.56 Å². The minimum Gasteiger partial charge on any atom is -0.500 e. The number of furan rings is 1. The standard InChI is InChI=1S/C30H17N2O.C15H16N.Ir/c31-19-23-14-15-25-24-12-7-13-26(27-18-22(16-17-32-27)20-8-3-1-4-9-20)29(24)33-30(25)28(23)21-10-5-2-6-11-21;1-15(2,3)13-9-10-14(16-11-13)12-7-5-4-6-8-12;/h1-12,14-18H;4-7,9-11H,1-3H3;/q2*-1;. The number of benzene rings is 5. The Kier molecular flexibility index (Phi) is 10.2. The van der Waals surface area contributed by atoms with Gasteiger partial charge in [0.25, 0.3) is 0 Å². The average molecular weight is 824 g/mol. The summed E-state index contributed by atoms with van der Waals surface area (Å²) in [4.78, 5) is 9.11. The van der Waals surface area contributed by atoms with E-state index in [0.717, 1.165) is 61.1 Å². The van der Waals surface area contributed by atoms with Gasteiger partial charge in [-0.1, -0.05) is 117 Å². The van der Waals surface area contributed by atoms with Crippen LogP contribution in [0.1, 0.15) is 31.9 Å². The number of nitrogens with zero attached hydrogens (tertiary/aromatic N) is 3. The first-order chi connectivity index (χ1) is 23.9. The second-order valence-corrected chi connectivity index (χ2v) is 12.8. The molecular weight excluding hydrogens is 791 g/mol. The molecule has 0 amide bonds. The van der Waals surface area contributed by atoms with Crippen molar-refractivity contribution in [2.75, 3.05) is 0 Å². The fraction of sp³-hybridized carbons (Fsp3) is 0.0889. The maximum Gasteiger partial charge on any atom is 0.130 e. The van der Waals surface area contributed by atoms with E-state index in [0.29, 0.717) is 11.1 Å². The van der Waals surface area contributed by atoms with Crippen LogP contribution in [0.2, 0.25) is 0 Å². The molecule has 5 heteroatoms. The van der Waals surface area contributed by atoms with Gasteiger partial charge in [-0.3, -0.25) is 0 Å². The fourth-order valence-electron chi connectivity index (χ4n) is 5.91. The predicted octanol–water partition coefficient (Wildman–Crippen LogP) is 11.5. The van der Waals surface area contributed by atoms with Crippen molar-refractivity contribution in [1.29, 1.82) is 5.26 Å². The molecule has 0 saturated heterocycles. The smallest absolute Gasteiger partial charge is 0.130 e. The summed E-state index contributed by atoms with van der Waals surface area (Å²) in [7, 11) is 0. The molecule has 245 valence electrons. The zero-order valence-corrected chi connectivity index (χ0v) is 30.3. The van der Waals surface area contributed by atoms with Crippen molar-refractivity contribution in [1.82, 2.24) is 9.97 Å². The number of hydrogen-bond donors (Lipinski definition) is 0. The van der Waals surface area contributed by atoms with Crippen LogP contribution in [0.5, 0.6) is 0 Å². The van der Waals surface area contributed by atoms with Crippen LogP contribution in [0, 0.1) is 23.5 Å². The molecule has 50 heavy (non-hydrogen) atoms. The molecule has 0 fully saturated rings.